The molecule has 5 heteroatoms. The maximum atomic E-state index is 5.69. The lowest BCUT2D eigenvalue weighted by atomic mass is 9.95. The molecule has 0 amide bonds. The SMILES string of the molecule is O.[B]c1cc(OC)c(OC(C)C)c(OC)c1. The maximum Gasteiger partial charge on any atom is 0.203 e. The Balaban J connectivity index is 0.00000225. The fourth-order valence-corrected chi connectivity index (χ4v) is 1.25. The standard InChI is InChI=1S/C11H15BO3.H2O/c1-7(2)15-11-9(13-3)5-8(12)6-10(11)14-4;/h5-7H,1-4H3;1H2. The Morgan fingerprint density at radius 2 is 1.50 bits per heavy atom. The van der Waals surface area contributed by atoms with Crippen LogP contribution in [0.5, 0.6) is 17.2 Å². The summed E-state index contributed by atoms with van der Waals surface area (Å²) in [7, 11) is 8.84. The zero-order valence-electron chi connectivity index (χ0n) is 10.0. The van der Waals surface area contributed by atoms with Gasteiger partial charge in [-0.25, -0.2) is 0 Å². The molecule has 1 rings (SSSR count). The van der Waals surface area contributed by atoms with Crippen LogP contribution in [-0.4, -0.2) is 33.6 Å². The zero-order chi connectivity index (χ0) is 11.4. The third-order valence-electron chi connectivity index (χ3n) is 1.84. The number of methoxy groups -OCH3 is 2. The van der Waals surface area contributed by atoms with Crippen LogP contribution in [0.3, 0.4) is 0 Å². The minimum Gasteiger partial charge on any atom is -0.493 e. The highest BCUT2D eigenvalue weighted by Gasteiger charge is 2.13. The van der Waals surface area contributed by atoms with Gasteiger partial charge in [0.25, 0.3) is 0 Å². The molecule has 16 heavy (non-hydrogen) atoms. The van der Waals surface area contributed by atoms with E-state index in [0.717, 1.165) is 0 Å². The smallest absolute Gasteiger partial charge is 0.203 e. The summed E-state index contributed by atoms with van der Waals surface area (Å²) in [6, 6.07) is 3.42. The van der Waals surface area contributed by atoms with E-state index in [-0.39, 0.29) is 11.6 Å². The maximum absolute atomic E-state index is 5.69. The van der Waals surface area contributed by atoms with Crippen molar-refractivity contribution in [1.29, 1.82) is 0 Å². The summed E-state index contributed by atoms with van der Waals surface area (Å²) in [5.74, 6) is 1.75. The fourth-order valence-electron chi connectivity index (χ4n) is 1.25. The van der Waals surface area contributed by atoms with Crippen molar-refractivity contribution in [3.05, 3.63) is 12.1 Å². The van der Waals surface area contributed by atoms with E-state index in [1.54, 1.807) is 26.4 Å². The van der Waals surface area contributed by atoms with Gasteiger partial charge in [0.15, 0.2) is 11.5 Å². The molecule has 0 saturated heterocycles. The molecule has 0 heterocycles. The second-order valence-electron chi connectivity index (χ2n) is 3.42. The van der Waals surface area contributed by atoms with Crippen molar-refractivity contribution in [2.75, 3.05) is 14.2 Å². The first-order valence-electron chi connectivity index (χ1n) is 4.76. The molecule has 0 bridgehead atoms. The zero-order valence-corrected chi connectivity index (χ0v) is 10.0. The lowest BCUT2D eigenvalue weighted by Crippen LogP contribution is -2.11. The molecule has 2 radical (unpaired) electrons. The average Bonchev–Trinajstić information content (AvgIpc) is 2.19. The van der Waals surface area contributed by atoms with E-state index < -0.39 is 0 Å². The second kappa shape index (κ2) is 6.28. The summed E-state index contributed by atoms with van der Waals surface area (Å²) in [5.41, 5.74) is 0.583. The molecule has 1 aromatic carbocycles. The Bertz CT molecular complexity index is 314. The van der Waals surface area contributed by atoms with E-state index in [1.807, 2.05) is 13.8 Å². The molecule has 0 fully saturated rings. The van der Waals surface area contributed by atoms with E-state index in [1.165, 1.54) is 0 Å². The molecule has 0 saturated carbocycles. The molecule has 0 aliphatic rings. The third kappa shape index (κ3) is 3.34. The van der Waals surface area contributed by atoms with E-state index in [9.17, 15) is 0 Å². The van der Waals surface area contributed by atoms with Gasteiger partial charge in [0, 0.05) is 0 Å². The van der Waals surface area contributed by atoms with Crippen LogP contribution in [0.4, 0.5) is 0 Å². The topological polar surface area (TPSA) is 59.2 Å². The normalized spacial score (nSPS) is 9.56. The highest BCUT2D eigenvalue weighted by Crippen LogP contribution is 2.36. The van der Waals surface area contributed by atoms with E-state index >= 15 is 0 Å². The Kier molecular flexibility index (Phi) is 5.74. The van der Waals surface area contributed by atoms with Crippen molar-refractivity contribution in [3.63, 3.8) is 0 Å². The molecule has 4 nitrogen and oxygen atoms in total. The highest BCUT2D eigenvalue weighted by molar-refractivity contribution is 6.32. The molecule has 2 N–H and O–H groups in total. The van der Waals surface area contributed by atoms with E-state index in [2.05, 4.69) is 0 Å². The van der Waals surface area contributed by atoms with Gasteiger partial charge in [0.2, 0.25) is 5.75 Å². The fraction of sp³-hybridized carbons (Fsp3) is 0.455. The molecule has 1 aromatic rings. The second-order valence-corrected chi connectivity index (χ2v) is 3.42. The minimum absolute atomic E-state index is 0. The number of rotatable bonds is 4. The average molecular weight is 224 g/mol. The summed E-state index contributed by atoms with van der Waals surface area (Å²) in [5, 5.41) is 0. The number of ether oxygens (including phenoxy) is 3. The number of benzene rings is 1. The number of hydrogen-bond donors (Lipinski definition) is 0. The quantitative estimate of drug-likeness (QED) is 0.698. The van der Waals surface area contributed by atoms with Crippen LogP contribution in [0.1, 0.15) is 13.8 Å². The highest BCUT2D eigenvalue weighted by atomic mass is 16.5. The Morgan fingerprint density at radius 3 is 1.81 bits per heavy atom. The van der Waals surface area contributed by atoms with Crippen LogP contribution in [0.2, 0.25) is 0 Å². The molecule has 0 atom stereocenters. The monoisotopic (exact) mass is 224 g/mol. The summed E-state index contributed by atoms with van der Waals surface area (Å²) < 4.78 is 16.0. The van der Waals surface area contributed by atoms with Crippen molar-refractivity contribution in [2.45, 2.75) is 20.0 Å². The number of hydrogen-bond acceptors (Lipinski definition) is 3. The summed E-state index contributed by atoms with van der Waals surface area (Å²) in [6.07, 6.45) is 0.0522. The molecule has 0 aliphatic heterocycles. The van der Waals surface area contributed by atoms with Gasteiger partial charge in [-0.15, -0.1) is 0 Å². The molecule has 0 unspecified atom stereocenters. The van der Waals surface area contributed by atoms with Crippen LogP contribution >= 0.6 is 0 Å². The first kappa shape index (κ1) is 14.6. The molecule has 88 valence electrons. The Morgan fingerprint density at radius 1 is 1.06 bits per heavy atom. The van der Waals surface area contributed by atoms with Crippen molar-refractivity contribution < 1.29 is 19.7 Å². The van der Waals surface area contributed by atoms with Crippen molar-refractivity contribution in [2.24, 2.45) is 0 Å². The summed E-state index contributed by atoms with van der Waals surface area (Å²) in [4.78, 5) is 0. The van der Waals surface area contributed by atoms with Crippen LogP contribution in [0, 0.1) is 0 Å². The summed E-state index contributed by atoms with van der Waals surface area (Å²) in [6.45, 7) is 3.88. The molecule has 0 spiro atoms. The third-order valence-corrected chi connectivity index (χ3v) is 1.84. The van der Waals surface area contributed by atoms with Gasteiger partial charge in [0.1, 0.15) is 7.85 Å². The van der Waals surface area contributed by atoms with Crippen molar-refractivity contribution in [1.82, 2.24) is 0 Å². The first-order valence-corrected chi connectivity index (χ1v) is 4.76. The van der Waals surface area contributed by atoms with Gasteiger partial charge in [-0.1, -0.05) is 5.46 Å². The minimum atomic E-state index is 0. The molecule has 0 aromatic heterocycles. The van der Waals surface area contributed by atoms with Gasteiger partial charge in [-0.3, -0.25) is 0 Å². The molecular formula is C11H17BO4. The molecular weight excluding hydrogens is 207 g/mol. The van der Waals surface area contributed by atoms with Crippen LogP contribution < -0.4 is 19.7 Å². The first-order chi connectivity index (χ1) is 7.08. The van der Waals surface area contributed by atoms with Crippen molar-refractivity contribution >= 4 is 13.3 Å². The van der Waals surface area contributed by atoms with Gasteiger partial charge >= 0.3 is 0 Å². The Labute approximate surface area is 97.2 Å². The lowest BCUT2D eigenvalue weighted by molar-refractivity contribution is 0.218. The van der Waals surface area contributed by atoms with Crippen LogP contribution in [0.15, 0.2) is 12.1 Å². The van der Waals surface area contributed by atoms with Gasteiger partial charge in [-0.05, 0) is 26.0 Å². The Hall–Kier alpha value is -1.36. The van der Waals surface area contributed by atoms with Crippen LogP contribution in [0.25, 0.3) is 0 Å². The molecule has 0 aliphatic carbocycles. The predicted molar refractivity (Wildman–Crippen MR) is 64.3 cm³/mol. The van der Waals surface area contributed by atoms with Crippen LogP contribution in [-0.2, 0) is 0 Å². The largest absolute Gasteiger partial charge is 0.493 e. The van der Waals surface area contributed by atoms with Gasteiger partial charge < -0.3 is 19.7 Å². The van der Waals surface area contributed by atoms with Crippen molar-refractivity contribution in [3.8, 4) is 17.2 Å². The lowest BCUT2D eigenvalue weighted by Gasteiger charge is -2.17. The summed E-state index contributed by atoms with van der Waals surface area (Å²) >= 11 is 0. The van der Waals surface area contributed by atoms with Gasteiger partial charge in [-0.2, -0.15) is 0 Å². The van der Waals surface area contributed by atoms with E-state index in [0.29, 0.717) is 22.7 Å². The van der Waals surface area contributed by atoms with Gasteiger partial charge in [0.05, 0.1) is 20.3 Å². The predicted octanol–water partition coefficient (Wildman–Crippen LogP) is 0.460. The van der Waals surface area contributed by atoms with E-state index in [4.69, 9.17) is 22.1 Å².